The van der Waals surface area contributed by atoms with E-state index in [0.29, 0.717) is 39.9 Å². The number of fused-ring (bicyclic) bond motifs is 3. The molecule has 3 aromatic carbocycles. The van der Waals surface area contributed by atoms with E-state index < -0.39 is 0 Å². The van der Waals surface area contributed by atoms with Crippen LogP contribution in [0.15, 0.2) is 82.7 Å². The molecule has 5 rings (SSSR count). The van der Waals surface area contributed by atoms with Crippen LogP contribution in [0.4, 0.5) is 0 Å². The van der Waals surface area contributed by atoms with E-state index in [1.165, 1.54) is 11.8 Å². The normalized spacial score (nSPS) is 11.0. The Labute approximate surface area is 193 Å². The highest BCUT2D eigenvalue weighted by atomic mass is 32.2. The summed E-state index contributed by atoms with van der Waals surface area (Å²) in [6.07, 6.45) is 0. The fourth-order valence-corrected chi connectivity index (χ4v) is 4.74. The predicted molar refractivity (Wildman–Crippen MR) is 128 cm³/mol. The molecule has 0 atom stereocenters. The number of aromatic nitrogens is 4. The molecule has 33 heavy (non-hydrogen) atoms. The second-order valence-electron chi connectivity index (χ2n) is 7.44. The van der Waals surface area contributed by atoms with E-state index in [1.54, 1.807) is 17.7 Å². The summed E-state index contributed by atoms with van der Waals surface area (Å²) < 4.78 is 9.04. The first-order valence-electron chi connectivity index (χ1n) is 10.3. The summed E-state index contributed by atoms with van der Waals surface area (Å²) in [7, 11) is 1.62. The number of rotatable bonds is 6. The monoisotopic (exact) mass is 453 g/mol. The summed E-state index contributed by atoms with van der Waals surface area (Å²) in [5.74, 6) is 1.80. The summed E-state index contributed by atoms with van der Waals surface area (Å²) >= 11 is 1.51. The van der Waals surface area contributed by atoms with Gasteiger partial charge in [-0.05, 0) is 35.9 Å². The van der Waals surface area contributed by atoms with Crippen molar-refractivity contribution in [1.29, 1.82) is 5.26 Å². The molecule has 0 aliphatic rings. The van der Waals surface area contributed by atoms with Crippen molar-refractivity contribution >= 4 is 28.4 Å². The maximum atomic E-state index is 13.4. The molecule has 0 unspecified atom stereocenters. The van der Waals surface area contributed by atoms with E-state index in [4.69, 9.17) is 10.00 Å². The molecule has 0 saturated heterocycles. The van der Waals surface area contributed by atoms with Crippen LogP contribution < -0.4 is 10.3 Å². The van der Waals surface area contributed by atoms with Crippen LogP contribution in [0.3, 0.4) is 0 Å². The van der Waals surface area contributed by atoms with Crippen LogP contribution in [0.5, 0.6) is 5.75 Å². The Hall–Kier alpha value is -4.09. The van der Waals surface area contributed by atoms with Crippen molar-refractivity contribution in [3.63, 3.8) is 0 Å². The van der Waals surface area contributed by atoms with Gasteiger partial charge < -0.3 is 4.74 Å². The predicted octanol–water partition coefficient (Wildman–Crippen LogP) is 4.27. The first-order valence-corrected chi connectivity index (χ1v) is 11.3. The minimum absolute atomic E-state index is 0.130. The zero-order chi connectivity index (χ0) is 22.8. The van der Waals surface area contributed by atoms with E-state index in [0.717, 1.165) is 16.6 Å². The van der Waals surface area contributed by atoms with Gasteiger partial charge in [0.15, 0.2) is 5.16 Å². The van der Waals surface area contributed by atoms with Gasteiger partial charge >= 0.3 is 0 Å². The first-order chi connectivity index (χ1) is 16.2. The molecule has 0 N–H and O–H groups in total. The Balaban J connectivity index is 1.63. The third-order valence-corrected chi connectivity index (χ3v) is 6.42. The third kappa shape index (κ3) is 3.83. The molecule has 0 radical (unpaired) electrons. The zero-order valence-corrected chi connectivity index (χ0v) is 18.6. The van der Waals surface area contributed by atoms with Crippen molar-refractivity contribution < 1.29 is 4.74 Å². The van der Waals surface area contributed by atoms with Crippen molar-refractivity contribution in [3.05, 3.63) is 99.8 Å². The zero-order valence-electron chi connectivity index (χ0n) is 17.8. The molecule has 7 nitrogen and oxygen atoms in total. The second kappa shape index (κ2) is 8.81. The van der Waals surface area contributed by atoms with Gasteiger partial charge in [0, 0.05) is 11.3 Å². The Morgan fingerprint density at radius 1 is 1.03 bits per heavy atom. The average molecular weight is 454 g/mol. The Kier molecular flexibility index (Phi) is 5.55. The topological polar surface area (TPSA) is 85.2 Å². The number of para-hydroxylation sites is 2. The van der Waals surface area contributed by atoms with Crippen molar-refractivity contribution in [2.24, 2.45) is 0 Å². The molecule has 162 valence electrons. The van der Waals surface area contributed by atoms with Gasteiger partial charge in [-0.2, -0.15) is 5.26 Å². The maximum absolute atomic E-state index is 13.4. The molecule has 0 bridgehead atoms. The Morgan fingerprint density at radius 2 is 1.85 bits per heavy atom. The lowest BCUT2D eigenvalue weighted by Gasteiger charge is -2.13. The van der Waals surface area contributed by atoms with Crippen molar-refractivity contribution in [2.45, 2.75) is 17.5 Å². The molecular formula is C25H19N5O2S. The molecule has 2 aromatic heterocycles. The molecule has 0 aliphatic carbocycles. The van der Waals surface area contributed by atoms with Crippen molar-refractivity contribution in [3.8, 4) is 11.8 Å². The number of ether oxygens (including phenoxy) is 1. The van der Waals surface area contributed by atoms with Gasteiger partial charge in [-0.25, -0.2) is 0 Å². The summed E-state index contributed by atoms with van der Waals surface area (Å²) in [5.41, 5.74) is 3.14. The van der Waals surface area contributed by atoms with Gasteiger partial charge in [0.1, 0.15) is 5.75 Å². The molecule has 0 spiro atoms. The van der Waals surface area contributed by atoms with Crippen LogP contribution in [-0.2, 0) is 12.3 Å². The van der Waals surface area contributed by atoms with Crippen molar-refractivity contribution in [2.75, 3.05) is 7.11 Å². The molecule has 0 amide bonds. The number of benzene rings is 3. The Bertz CT molecular complexity index is 1580. The fraction of sp³-hybridized carbons (Fsp3) is 0.120. The number of nitrogens with zero attached hydrogens (tertiary/aromatic N) is 5. The molecule has 8 heteroatoms. The van der Waals surface area contributed by atoms with Crippen LogP contribution in [0.25, 0.3) is 16.7 Å². The molecule has 2 heterocycles. The van der Waals surface area contributed by atoms with Gasteiger partial charge in [-0.3, -0.25) is 13.8 Å². The lowest BCUT2D eigenvalue weighted by molar-refractivity contribution is 0.408. The van der Waals surface area contributed by atoms with Gasteiger partial charge in [0.2, 0.25) is 5.78 Å². The summed E-state index contributed by atoms with van der Waals surface area (Å²) in [6.45, 7) is 0.310. The number of thioether (sulfide) groups is 1. The van der Waals surface area contributed by atoms with Crippen LogP contribution in [0.1, 0.15) is 16.7 Å². The lowest BCUT2D eigenvalue weighted by Crippen LogP contribution is -2.24. The smallest absolute Gasteiger partial charge is 0.263 e. The third-order valence-electron chi connectivity index (χ3n) is 5.42. The number of methoxy groups -OCH3 is 1. The molecular weight excluding hydrogens is 434 g/mol. The quantitative estimate of drug-likeness (QED) is 0.357. The summed E-state index contributed by atoms with van der Waals surface area (Å²) in [5, 5.41) is 19.2. The molecule has 0 aliphatic heterocycles. The average Bonchev–Trinajstić information content (AvgIpc) is 3.29. The molecule has 0 saturated carbocycles. The maximum Gasteiger partial charge on any atom is 0.263 e. The highest BCUT2D eigenvalue weighted by Crippen LogP contribution is 2.26. The minimum atomic E-state index is -0.130. The van der Waals surface area contributed by atoms with Crippen LogP contribution in [-0.4, -0.2) is 26.3 Å². The SMILES string of the molecule is COc1ccccc1Cn1c(=O)c2ccccc2n2c(SCc3cccc(C#N)c3)nnc12. The molecule has 5 aromatic rings. The lowest BCUT2D eigenvalue weighted by atomic mass is 10.2. The summed E-state index contributed by atoms with van der Waals surface area (Å²) in [6, 6.07) is 24.8. The highest BCUT2D eigenvalue weighted by molar-refractivity contribution is 7.98. The minimum Gasteiger partial charge on any atom is -0.496 e. The van der Waals surface area contributed by atoms with E-state index in [9.17, 15) is 4.79 Å². The van der Waals surface area contributed by atoms with Gasteiger partial charge in [0.25, 0.3) is 5.56 Å². The van der Waals surface area contributed by atoms with Crippen LogP contribution in [0, 0.1) is 11.3 Å². The van der Waals surface area contributed by atoms with Gasteiger partial charge in [0.05, 0.1) is 36.2 Å². The van der Waals surface area contributed by atoms with Crippen LogP contribution in [0.2, 0.25) is 0 Å². The highest BCUT2D eigenvalue weighted by Gasteiger charge is 2.18. The standard InChI is InChI=1S/C25H19N5O2S/c1-32-22-12-5-2-9-19(22)15-29-23(31)20-10-3-4-11-21(20)30-24(29)27-28-25(30)33-16-18-8-6-7-17(13-18)14-26/h2-13H,15-16H2,1H3. The Morgan fingerprint density at radius 3 is 2.70 bits per heavy atom. The van der Waals surface area contributed by atoms with Gasteiger partial charge in [-0.1, -0.05) is 54.2 Å². The van der Waals surface area contributed by atoms with E-state index in [-0.39, 0.29) is 5.56 Å². The summed E-state index contributed by atoms with van der Waals surface area (Å²) in [4.78, 5) is 13.4. The number of hydrogen-bond donors (Lipinski definition) is 0. The van der Waals surface area contributed by atoms with E-state index >= 15 is 0 Å². The number of nitriles is 1. The first kappa shape index (κ1) is 20.8. The van der Waals surface area contributed by atoms with Crippen molar-refractivity contribution in [1.82, 2.24) is 19.2 Å². The second-order valence-corrected chi connectivity index (χ2v) is 8.38. The van der Waals surface area contributed by atoms with Gasteiger partial charge in [-0.15, -0.1) is 10.2 Å². The van der Waals surface area contributed by atoms with Crippen LogP contribution >= 0.6 is 11.8 Å². The number of hydrogen-bond acceptors (Lipinski definition) is 6. The molecule has 0 fully saturated rings. The van der Waals surface area contributed by atoms with E-state index in [1.807, 2.05) is 71.1 Å². The largest absolute Gasteiger partial charge is 0.496 e. The van der Waals surface area contributed by atoms with E-state index in [2.05, 4.69) is 16.3 Å². The fourth-order valence-electron chi connectivity index (χ4n) is 3.85.